The molecular weight excluding hydrogens is 352 g/mol. The third-order valence-corrected chi connectivity index (χ3v) is 5.52. The van der Waals surface area contributed by atoms with Crippen LogP contribution in [-0.2, 0) is 11.2 Å². The fourth-order valence-corrected chi connectivity index (χ4v) is 4.11. The molecular formula is C19H23ClN4O2. The van der Waals surface area contributed by atoms with Crippen LogP contribution in [0, 0.1) is 0 Å². The van der Waals surface area contributed by atoms with Crippen molar-refractivity contribution in [2.75, 3.05) is 31.1 Å². The van der Waals surface area contributed by atoms with Gasteiger partial charge in [-0.1, -0.05) is 23.7 Å². The van der Waals surface area contributed by atoms with Crippen LogP contribution in [-0.4, -0.2) is 53.3 Å². The summed E-state index contributed by atoms with van der Waals surface area (Å²) in [5.41, 5.74) is 3.52. The number of benzene rings is 1. The maximum absolute atomic E-state index is 13.0. The van der Waals surface area contributed by atoms with Crippen molar-refractivity contribution in [2.45, 2.75) is 32.5 Å². The molecule has 138 valence electrons. The van der Waals surface area contributed by atoms with Crippen molar-refractivity contribution in [3.63, 3.8) is 0 Å². The molecule has 0 aliphatic carbocycles. The molecule has 6 nitrogen and oxygen atoms in total. The topological polar surface area (TPSA) is 61.5 Å². The standard InChI is InChI=1S/C19H23ClN4O2/c1-12-11-14-17(13(2)26-12)21-22-18(14)19(25)24-9-7-23(8-10-24)16-6-4-3-5-15(16)20/h3-6,12-13H,7-11H2,1-2H3,(H,21,22)/t12-,13+/m1/s1. The van der Waals surface area contributed by atoms with E-state index >= 15 is 0 Å². The van der Waals surface area contributed by atoms with Gasteiger partial charge in [0.15, 0.2) is 5.69 Å². The average molecular weight is 375 g/mol. The van der Waals surface area contributed by atoms with E-state index in [4.69, 9.17) is 16.3 Å². The van der Waals surface area contributed by atoms with E-state index in [1.807, 2.05) is 43.0 Å². The number of nitrogens with one attached hydrogen (secondary N) is 1. The van der Waals surface area contributed by atoms with E-state index in [1.165, 1.54) is 0 Å². The molecule has 2 atom stereocenters. The number of anilines is 1. The summed E-state index contributed by atoms with van der Waals surface area (Å²) in [7, 11) is 0. The molecule has 4 rings (SSSR count). The van der Waals surface area contributed by atoms with Crippen LogP contribution >= 0.6 is 11.6 Å². The Morgan fingerprint density at radius 2 is 1.96 bits per heavy atom. The summed E-state index contributed by atoms with van der Waals surface area (Å²) in [4.78, 5) is 17.1. The van der Waals surface area contributed by atoms with Crippen LogP contribution in [0.1, 0.15) is 41.7 Å². The molecule has 0 spiro atoms. The van der Waals surface area contributed by atoms with Crippen LogP contribution < -0.4 is 4.90 Å². The van der Waals surface area contributed by atoms with Crippen LogP contribution in [0.4, 0.5) is 5.69 Å². The van der Waals surface area contributed by atoms with Crippen molar-refractivity contribution in [1.29, 1.82) is 0 Å². The van der Waals surface area contributed by atoms with Gasteiger partial charge < -0.3 is 14.5 Å². The van der Waals surface area contributed by atoms with Gasteiger partial charge in [-0.05, 0) is 26.0 Å². The molecule has 1 aromatic carbocycles. The van der Waals surface area contributed by atoms with E-state index in [9.17, 15) is 4.79 Å². The van der Waals surface area contributed by atoms with Crippen LogP contribution in [0.5, 0.6) is 0 Å². The van der Waals surface area contributed by atoms with Crippen molar-refractivity contribution < 1.29 is 9.53 Å². The fourth-order valence-electron chi connectivity index (χ4n) is 3.86. The van der Waals surface area contributed by atoms with Gasteiger partial charge >= 0.3 is 0 Å². The number of fused-ring (bicyclic) bond motifs is 1. The quantitative estimate of drug-likeness (QED) is 0.877. The molecule has 1 amide bonds. The van der Waals surface area contributed by atoms with Gasteiger partial charge in [0.05, 0.1) is 28.6 Å². The monoisotopic (exact) mass is 374 g/mol. The molecule has 1 N–H and O–H groups in total. The lowest BCUT2D eigenvalue weighted by atomic mass is 9.99. The van der Waals surface area contributed by atoms with Crippen molar-refractivity contribution in [1.82, 2.24) is 15.1 Å². The predicted molar refractivity (Wildman–Crippen MR) is 101 cm³/mol. The first-order valence-corrected chi connectivity index (χ1v) is 9.43. The van der Waals surface area contributed by atoms with Gasteiger partial charge in [0.2, 0.25) is 0 Å². The lowest BCUT2D eigenvalue weighted by Gasteiger charge is -2.36. The Hall–Kier alpha value is -2.05. The summed E-state index contributed by atoms with van der Waals surface area (Å²) in [6.45, 7) is 6.86. The van der Waals surface area contributed by atoms with Crippen molar-refractivity contribution in [3.05, 3.63) is 46.2 Å². The second kappa shape index (κ2) is 6.93. The summed E-state index contributed by atoms with van der Waals surface area (Å²) >= 11 is 6.30. The minimum Gasteiger partial charge on any atom is -0.369 e. The highest BCUT2D eigenvalue weighted by atomic mass is 35.5. The minimum absolute atomic E-state index is 0.00242. The van der Waals surface area contributed by atoms with Gasteiger partial charge in [0, 0.05) is 38.2 Å². The molecule has 2 aromatic rings. The zero-order valence-corrected chi connectivity index (χ0v) is 15.8. The number of aromatic amines is 1. The van der Waals surface area contributed by atoms with Crippen LogP contribution in [0.15, 0.2) is 24.3 Å². The van der Waals surface area contributed by atoms with Crippen LogP contribution in [0.3, 0.4) is 0 Å². The Balaban J connectivity index is 1.47. The van der Waals surface area contributed by atoms with Gasteiger partial charge in [-0.2, -0.15) is 5.10 Å². The normalized spacial score (nSPS) is 23.0. The molecule has 1 saturated heterocycles. The third-order valence-electron chi connectivity index (χ3n) is 5.20. The van der Waals surface area contributed by atoms with Gasteiger partial charge in [-0.15, -0.1) is 0 Å². The smallest absolute Gasteiger partial charge is 0.274 e. The number of amides is 1. The highest BCUT2D eigenvalue weighted by molar-refractivity contribution is 6.33. The van der Waals surface area contributed by atoms with E-state index in [1.54, 1.807) is 0 Å². The zero-order chi connectivity index (χ0) is 18.3. The number of nitrogens with zero attached hydrogens (tertiary/aromatic N) is 3. The lowest BCUT2D eigenvalue weighted by molar-refractivity contribution is -0.00702. The van der Waals surface area contributed by atoms with E-state index in [2.05, 4.69) is 15.1 Å². The van der Waals surface area contributed by atoms with Gasteiger partial charge in [0.25, 0.3) is 5.91 Å². The number of carbonyl (C=O) groups excluding carboxylic acids is 1. The maximum atomic E-state index is 13.0. The van der Waals surface area contributed by atoms with Crippen molar-refractivity contribution in [3.8, 4) is 0 Å². The first kappa shape index (κ1) is 17.4. The maximum Gasteiger partial charge on any atom is 0.274 e. The van der Waals surface area contributed by atoms with Gasteiger partial charge in [0.1, 0.15) is 0 Å². The second-order valence-electron chi connectivity index (χ2n) is 6.99. The number of para-hydroxylation sites is 1. The molecule has 0 bridgehead atoms. The Bertz CT molecular complexity index is 814. The Labute approximate surface area is 158 Å². The number of hydrogen-bond donors (Lipinski definition) is 1. The summed E-state index contributed by atoms with van der Waals surface area (Å²) in [6, 6.07) is 7.83. The Morgan fingerprint density at radius 1 is 1.23 bits per heavy atom. The molecule has 7 heteroatoms. The summed E-state index contributed by atoms with van der Waals surface area (Å²) in [5.74, 6) is 0.00242. The number of rotatable bonds is 2. The number of aromatic nitrogens is 2. The first-order valence-electron chi connectivity index (χ1n) is 9.06. The number of hydrogen-bond acceptors (Lipinski definition) is 4. The molecule has 26 heavy (non-hydrogen) atoms. The molecule has 0 unspecified atom stereocenters. The van der Waals surface area contributed by atoms with E-state index in [0.717, 1.165) is 41.5 Å². The van der Waals surface area contributed by atoms with Crippen LogP contribution in [0.2, 0.25) is 5.02 Å². The van der Waals surface area contributed by atoms with Crippen molar-refractivity contribution >= 4 is 23.2 Å². The number of piperazine rings is 1. The third kappa shape index (κ3) is 3.08. The van der Waals surface area contributed by atoms with E-state index in [-0.39, 0.29) is 18.1 Å². The molecule has 1 aromatic heterocycles. The molecule has 1 fully saturated rings. The second-order valence-corrected chi connectivity index (χ2v) is 7.40. The Morgan fingerprint density at radius 3 is 2.69 bits per heavy atom. The number of halogens is 1. The molecule has 3 heterocycles. The number of ether oxygens (including phenoxy) is 1. The van der Waals surface area contributed by atoms with Gasteiger partial charge in [-0.3, -0.25) is 9.89 Å². The number of H-pyrrole nitrogens is 1. The average Bonchev–Trinajstić information content (AvgIpc) is 3.06. The fraction of sp³-hybridized carbons (Fsp3) is 0.474. The summed E-state index contributed by atoms with van der Waals surface area (Å²) < 4.78 is 5.81. The SMILES string of the molecule is C[C@@H]1Cc2c(C(=O)N3CCN(c4ccccc4Cl)CC3)n[nH]c2[C@H](C)O1. The van der Waals surface area contributed by atoms with E-state index < -0.39 is 0 Å². The predicted octanol–water partition coefficient (Wildman–Crippen LogP) is 3.05. The highest BCUT2D eigenvalue weighted by Crippen LogP contribution is 2.31. The zero-order valence-electron chi connectivity index (χ0n) is 15.0. The Kier molecular flexibility index (Phi) is 4.63. The summed E-state index contributed by atoms with van der Waals surface area (Å²) in [5, 5.41) is 8.07. The molecule has 2 aliphatic heterocycles. The van der Waals surface area contributed by atoms with Gasteiger partial charge in [-0.25, -0.2) is 0 Å². The van der Waals surface area contributed by atoms with E-state index in [0.29, 0.717) is 18.8 Å². The molecule has 0 saturated carbocycles. The first-order chi connectivity index (χ1) is 12.5. The minimum atomic E-state index is -0.0557. The largest absolute Gasteiger partial charge is 0.369 e. The molecule has 2 aliphatic rings. The number of carbonyl (C=O) groups is 1. The molecule has 0 radical (unpaired) electrons. The lowest BCUT2D eigenvalue weighted by Crippen LogP contribution is -2.49. The van der Waals surface area contributed by atoms with Crippen LogP contribution in [0.25, 0.3) is 0 Å². The highest BCUT2D eigenvalue weighted by Gasteiger charge is 2.32. The van der Waals surface area contributed by atoms with Crippen molar-refractivity contribution in [2.24, 2.45) is 0 Å². The summed E-state index contributed by atoms with van der Waals surface area (Å²) in [6.07, 6.45) is 0.759.